The van der Waals surface area contributed by atoms with E-state index in [4.69, 9.17) is 8.92 Å². The lowest BCUT2D eigenvalue weighted by Gasteiger charge is -2.07. The lowest BCUT2D eigenvalue weighted by atomic mass is 10.1. The normalized spacial score (nSPS) is 12.1. The first kappa shape index (κ1) is 30.0. The van der Waals surface area contributed by atoms with Crippen LogP contribution in [0.3, 0.4) is 0 Å². The molecule has 0 spiro atoms. The Kier molecular flexibility index (Phi) is 17.0. The van der Waals surface area contributed by atoms with E-state index in [2.05, 4.69) is 31.2 Å². The van der Waals surface area contributed by atoms with E-state index >= 15 is 0 Å². The van der Waals surface area contributed by atoms with E-state index in [0.717, 1.165) is 38.2 Å². The minimum atomic E-state index is -4.19. The van der Waals surface area contributed by atoms with Crippen LogP contribution < -0.4 is 0 Å². The van der Waals surface area contributed by atoms with Crippen LogP contribution in [0.1, 0.15) is 84.0 Å². The van der Waals surface area contributed by atoms with Gasteiger partial charge in [0.25, 0.3) is 5.69 Å². The molecular formula is C26H41NO6S. The minimum absolute atomic E-state index is 0.125. The number of nitro benzene ring substituents is 1. The van der Waals surface area contributed by atoms with Crippen LogP contribution in [0, 0.1) is 10.1 Å². The maximum Gasteiger partial charge on any atom is 0.303 e. The Labute approximate surface area is 205 Å². The van der Waals surface area contributed by atoms with Crippen LogP contribution in [0.4, 0.5) is 5.69 Å². The van der Waals surface area contributed by atoms with Crippen molar-refractivity contribution in [1.29, 1.82) is 0 Å². The number of ether oxygens (including phenoxy) is 1. The zero-order chi connectivity index (χ0) is 24.9. The highest BCUT2D eigenvalue weighted by atomic mass is 32.2. The van der Waals surface area contributed by atoms with Crippen molar-refractivity contribution in [2.45, 2.75) is 88.9 Å². The monoisotopic (exact) mass is 495 g/mol. The highest BCUT2D eigenvalue weighted by molar-refractivity contribution is 7.87. The third-order valence-corrected chi connectivity index (χ3v) is 6.65. The van der Waals surface area contributed by atoms with E-state index in [0.29, 0.717) is 6.61 Å². The summed E-state index contributed by atoms with van der Waals surface area (Å²) in [7, 11) is -4.19. The summed E-state index contributed by atoms with van der Waals surface area (Å²) in [5.74, 6) is 0. The number of benzene rings is 1. The van der Waals surface area contributed by atoms with Crippen molar-refractivity contribution in [1.82, 2.24) is 0 Å². The molecule has 0 aliphatic heterocycles. The molecule has 0 aromatic heterocycles. The fourth-order valence-electron chi connectivity index (χ4n) is 3.38. The van der Waals surface area contributed by atoms with E-state index in [1.54, 1.807) is 0 Å². The molecule has 0 bridgehead atoms. The highest BCUT2D eigenvalue weighted by Crippen LogP contribution is 2.24. The van der Waals surface area contributed by atoms with E-state index in [1.807, 2.05) is 0 Å². The van der Waals surface area contributed by atoms with Crippen LogP contribution in [0.2, 0.25) is 0 Å². The minimum Gasteiger partial charge on any atom is -0.379 e. The van der Waals surface area contributed by atoms with E-state index < -0.39 is 25.6 Å². The summed E-state index contributed by atoms with van der Waals surface area (Å²) in [5, 5.41) is 11.0. The Bertz CT molecular complexity index is 835. The fourth-order valence-corrected chi connectivity index (χ4v) is 4.44. The van der Waals surface area contributed by atoms with Gasteiger partial charge in [0, 0.05) is 12.7 Å². The second-order valence-electron chi connectivity index (χ2n) is 8.20. The summed E-state index contributed by atoms with van der Waals surface area (Å²) in [5.41, 5.74) is -0.496. The van der Waals surface area contributed by atoms with Gasteiger partial charge in [-0.2, -0.15) is 8.42 Å². The number of hydrogen-bond acceptors (Lipinski definition) is 6. The van der Waals surface area contributed by atoms with Gasteiger partial charge < -0.3 is 4.74 Å². The van der Waals surface area contributed by atoms with Gasteiger partial charge in [0.2, 0.25) is 0 Å². The Morgan fingerprint density at radius 2 is 1.44 bits per heavy atom. The van der Waals surface area contributed by atoms with Crippen LogP contribution in [-0.4, -0.2) is 33.2 Å². The molecular weight excluding hydrogens is 454 g/mol. The van der Waals surface area contributed by atoms with Gasteiger partial charge in [-0.25, -0.2) is 0 Å². The first-order chi connectivity index (χ1) is 16.5. The largest absolute Gasteiger partial charge is 0.379 e. The first-order valence-corrected chi connectivity index (χ1v) is 13.9. The maximum absolute atomic E-state index is 12.2. The molecule has 1 rings (SSSR count). The van der Waals surface area contributed by atoms with Gasteiger partial charge in [0.1, 0.15) is 0 Å². The molecule has 34 heavy (non-hydrogen) atoms. The number of allylic oxidation sites excluding steroid dienone is 4. The summed E-state index contributed by atoms with van der Waals surface area (Å²) in [6.45, 7) is 2.73. The maximum atomic E-state index is 12.2. The molecule has 0 heterocycles. The van der Waals surface area contributed by atoms with Crippen LogP contribution in [0.15, 0.2) is 53.5 Å². The molecule has 1 aromatic rings. The molecule has 0 aliphatic carbocycles. The Morgan fingerprint density at radius 1 is 0.824 bits per heavy atom. The Hall–Kier alpha value is -2.03. The molecule has 0 radical (unpaired) electrons. The van der Waals surface area contributed by atoms with E-state index in [1.165, 1.54) is 63.1 Å². The zero-order valence-electron chi connectivity index (χ0n) is 20.5. The molecule has 1 aromatic carbocycles. The molecule has 0 atom stereocenters. The molecule has 0 saturated heterocycles. The number of hydrogen-bond donors (Lipinski definition) is 0. The van der Waals surface area contributed by atoms with Crippen molar-refractivity contribution >= 4 is 15.8 Å². The summed E-state index contributed by atoms with van der Waals surface area (Å²) in [4.78, 5) is 9.80. The number of unbranched alkanes of at least 4 members (excludes halogenated alkanes) is 9. The molecule has 0 fully saturated rings. The zero-order valence-corrected chi connectivity index (χ0v) is 21.3. The summed E-state index contributed by atoms with van der Waals surface area (Å²) in [6, 6.07) is 5.13. The lowest BCUT2D eigenvalue weighted by molar-refractivity contribution is -0.387. The van der Waals surface area contributed by atoms with Crippen molar-refractivity contribution in [2.75, 3.05) is 19.8 Å². The average Bonchev–Trinajstić information content (AvgIpc) is 2.82. The highest BCUT2D eigenvalue weighted by Gasteiger charge is 2.25. The SMILES string of the molecule is CCCCC/C=C\C/C=C\CCCCCCCCOCCOS(=O)(=O)c1ccccc1[N+](=O)[O-]. The van der Waals surface area contributed by atoms with E-state index in [-0.39, 0.29) is 13.2 Å². The van der Waals surface area contributed by atoms with Crippen molar-refractivity contribution in [3.05, 3.63) is 58.7 Å². The summed E-state index contributed by atoms with van der Waals surface area (Å²) in [6.07, 6.45) is 23.2. The molecule has 7 nitrogen and oxygen atoms in total. The molecule has 192 valence electrons. The topological polar surface area (TPSA) is 95.7 Å². The number of para-hydroxylation sites is 1. The van der Waals surface area contributed by atoms with Crippen LogP contribution >= 0.6 is 0 Å². The van der Waals surface area contributed by atoms with Crippen LogP contribution in [-0.2, 0) is 19.0 Å². The first-order valence-electron chi connectivity index (χ1n) is 12.5. The molecule has 0 amide bonds. The Morgan fingerprint density at radius 3 is 2.12 bits per heavy atom. The molecule has 0 unspecified atom stereocenters. The second kappa shape index (κ2) is 19.3. The van der Waals surface area contributed by atoms with Crippen molar-refractivity contribution in [3.8, 4) is 0 Å². The lowest BCUT2D eigenvalue weighted by Crippen LogP contribution is -2.13. The standard InChI is InChI=1S/C26H41NO6S/c1-2-3-4-5-6-7-8-9-10-11-12-13-14-15-16-19-22-32-23-24-33-34(30,31)26-21-18-17-20-25(26)27(28)29/h6-7,9-10,17-18,20-21H,2-5,8,11-16,19,22-24H2,1H3/b7-6-,10-9-. The average molecular weight is 496 g/mol. The van der Waals surface area contributed by atoms with Gasteiger partial charge >= 0.3 is 10.1 Å². The van der Waals surface area contributed by atoms with Crippen molar-refractivity contribution in [2.24, 2.45) is 0 Å². The van der Waals surface area contributed by atoms with Crippen molar-refractivity contribution < 1.29 is 22.3 Å². The van der Waals surface area contributed by atoms with Crippen molar-refractivity contribution in [3.63, 3.8) is 0 Å². The smallest absolute Gasteiger partial charge is 0.303 e. The van der Waals surface area contributed by atoms with Crippen LogP contribution in [0.5, 0.6) is 0 Å². The molecule has 8 heteroatoms. The quantitative estimate of drug-likeness (QED) is 0.0592. The van der Waals surface area contributed by atoms with Gasteiger partial charge in [-0.1, -0.05) is 81.9 Å². The summed E-state index contributed by atoms with van der Waals surface area (Å²) < 4.78 is 34.6. The summed E-state index contributed by atoms with van der Waals surface area (Å²) >= 11 is 0. The van der Waals surface area contributed by atoms with Gasteiger partial charge in [0.15, 0.2) is 4.90 Å². The van der Waals surface area contributed by atoms with Gasteiger partial charge in [0.05, 0.1) is 18.1 Å². The van der Waals surface area contributed by atoms with Gasteiger partial charge in [-0.15, -0.1) is 0 Å². The second-order valence-corrected chi connectivity index (χ2v) is 9.78. The predicted octanol–water partition coefficient (Wildman–Crippen LogP) is 7.13. The Balaban J connectivity index is 1.96. The van der Waals surface area contributed by atoms with Crippen LogP contribution in [0.25, 0.3) is 0 Å². The third-order valence-electron chi connectivity index (χ3n) is 5.29. The third kappa shape index (κ3) is 14.3. The number of nitrogens with zero attached hydrogens (tertiary/aromatic N) is 1. The molecule has 0 saturated carbocycles. The molecule has 0 aliphatic rings. The predicted molar refractivity (Wildman–Crippen MR) is 136 cm³/mol. The van der Waals surface area contributed by atoms with E-state index in [9.17, 15) is 18.5 Å². The van der Waals surface area contributed by atoms with Gasteiger partial charge in [-0.05, 0) is 44.6 Å². The van der Waals surface area contributed by atoms with Gasteiger partial charge in [-0.3, -0.25) is 14.3 Å². The fraction of sp³-hybridized carbons (Fsp3) is 0.615. The number of nitro groups is 1. The molecule has 0 N–H and O–H groups in total. The number of rotatable bonds is 21.